The van der Waals surface area contributed by atoms with Crippen molar-refractivity contribution in [1.82, 2.24) is 15.3 Å². The first kappa shape index (κ1) is 21.0. The number of ether oxygens (including phenoxy) is 2. The highest BCUT2D eigenvalue weighted by atomic mass is 35.5. The van der Waals surface area contributed by atoms with Gasteiger partial charge in [-0.25, -0.2) is 9.97 Å². The number of carbonyl (C=O) groups is 1. The van der Waals surface area contributed by atoms with Gasteiger partial charge in [0.1, 0.15) is 11.0 Å². The summed E-state index contributed by atoms with van der Waals surface area (Å²) in [7, 11) is 0. The summed E-state index contributed by atoms with van der Waals surface area (Å²) in [6, 6.07) is 7.26. The molecule has 2 aromatic rings. The Hall–Kier alpha value is -2.71. The Labute approximate surface area is 178 Å². The maximum atomic E-state index is 12.2. The van der Waals surface area contributed by atoms with Crippen molar-refractivity contribution in [2.45, 2.75) is 11.7 Å². The average Bonchev–Trinajstić information content (AvgIpc) is 3.18. The molecule has 7 nitrogen and oxygen atoms in total. The minimum Gasteiger partial charge on any atom is -0.454 e. The SMILES string of the molecule is C=CCN(CC=C)c1cc(Cl)nc(SCC(=O)NCc2ccc3c(c2)OCO3)n1. The lowest BCUT2D eigenvalue weighted by molar-refractivity contribution is -0.118. The van der Waals surface area contributed by atoms with Crippen LogP contribution in [0.3, 0.4) is 0 Å². The largest absolute Gasteiger partial charge is 0.454 e. The number of halogens is 1. The number of anilines is 1. The molecule has 0 atom stereocenters. The molecule has 1 aliphatic rings. The number of hydrogen-bond donors (Lipinski definition) is 1. The van der Waals surface area contributed by atoms with Crippen molar-refractivity contribution in [2.24, 2.45) is 0 Å². The highest BCUT2D eigenvalue weighted by molar-refractivity contribution is 7.99. The molecule has 0 radical (unpaired) electrons. The van der Waals surface area contributed by atoms with E-state index in [1.807, 2.05) is 23.1 Å². The molecule has 3 rings (SSSR count). The molecule has 1 aliphatic heterocycles. The third-order valence-corrected chi connectivity index (χ3v) is 4.98. The zero-order valence-electron chi connectivity index (χ0n) is 15.8. The van der Waals surface area contributed by atoms with E-state index in [0.717, 1.165) is 5.56 Å². The molecule has 0 fully saturated rings. The number of thioether (sulfide) groups is 1. The van der Waals surface area contributed by atoms with Gasteiger partial charge in [-0.05, 0) is 17.7 Å². The maximum Gasteiger partial charge on any atom is 0.231 e. The number of nitrogens with one attached hydrogen (secondary N) is 1. The fourth-order valence-corrected chi connectivity index (χ4v) is 3.53. The summed E-state index contributed by atoms with van der Waals surface area (Å²) < 4.78 is 10.6. The van der Waals surface area contributed by atoms with E-state index in [1.165, 1.54) is 11.8 Å². The second-order valence-electron chi connectivity index (χ2n) is 6.07. The van der Waals surface area contributed by atoms with Crippen molar-refractivity contribution >= 4 is 35.1 Å². The molecule has 0 bridgehead atoms. The lowest BCUT2D eigenvalue weighted by atomic mass is 10.2. The fraction of sp³-hybridized carbons (Fsp3) is 0.250. The van der Waals surface area contributed by atoms with Crippen LogP contribution in [0.4, 0.5) is 5.82 Å². The molecule has 1 N–H and O–H groups in total. The van der Waals surface area contributed by atoms with E-state index < -0.39 is 0 Å². The number of nitrogens with zero attached hydrogens (tertiary/aromatic N) is 3. The summed E-state index contributed by atoms with van der Waals surface area (Å²) in [5.41, 5.74) is 0.929. The zero-order valence-corrected chi connectivity index (χ0v) is 17.3. The van der Waals surface area contributed by atoms with Crippen LogP contribution in [0.5, 0.6) is 11.5 Å². The van der Waals surface area contributed by atoms with Gasteiger partial charge in [0.15, 0.2) is 16.7 Å². The second kappa shape index (κ2) is 10.2. The highest BCUT2D eigenvalue weighted by Crippen LogP contribution is 2.32. The van der Waals surface area contributed by atoms with Gasteiger partial charge in [-0.3, -0.25) is 4.79 Å². The molecule has 0 saturated heterocycles. The summed E-state index contributed by atoms with van der Waals surface area (Å²) in [5.74, 6) is 2.11. The molecule has 1 aromatic carbocycles. The minimum absolute atomic E-state index is 0.133. The molecular formula is C20H21ClN4O3S. The van der Waals surface area contributed by atoms with E-state index in [1.54, 1.807) is 18.2 Å². The first-order valence-corrected chi connectivity index (χ1v) is 10.2. The fourth-order valence-electron chi connectivity index (χ4n) is 2.62. The van der Waals surface area contributed by atoms with Crippen LogP contribution < -0.4 is 19.7 Å². The quantitative estimate of drug-likeness (QED) is 0.266. The Bertz CT molecular complexity index is 899. The lowest BCUT2D eigenvalue weighted by Crippen LogP contribution is -2.25. The normalized spacial score (nSPS) is 11.8. The Morgan fingerprint density at radius 3 is 2.72 bits per heavy atom. The van der Waals surface area contributed by atoms with Crippen molar-refractivity contribution in [1.29, 1.82) is 0 Å². The molecule has 0 unspecified atom stereocenters. The summed E-state index contributed by atoms with van der Waals surface area (Å²) in [6.45, 7) is 9.31. The number of aromatic nitrogens is 2. The predicted molar refractivity (Wildman–Crippen MR) is 115 cm³/mol. The van der Waals surface area contributed by atoms with Crippen molar-refractivity contribution < 1.29 is 14.3 Å². The van der Waals surface area contributed by atoms with E-state index in [9.17, 15) is 4.79 Å². The van der Waals surface area contributed by atoms with Crippen LogP contribution in [0.2, 0.25) is 5.15 Å². The van der Waals surface area contributed by atoms with Gasteiger partial charge in [0.2, 0.25) is 12.7 Å². The number of benzene rings is 1. The van der Waals surface area contributed by atoms with E-state index in [2.05, 4.69) is 28.4 Å². The predicted octanol–water partition coefficient (Wildman–Crippen LogP) is 3.45. The van der Waals surface area contributed by atoms with Crippen LogP contribution in [0.1, 0.15) is 5.56 Å². The molecule has 1 amide bonds. The summed E-state index contributed by atoms with van der Waals surface area (Å²) in [4.78, 5) is 22.9. The summed E-state index contributed by atoms with van der Waals surface area (Å²) >= 11 is 7.36. The summed E-state index contributed by atoms with van der Waals surface area (Å²) in [5, 5.41) is 3.62. The van der Waals surface area contributed by atoms with Crippen LogP contribution >= 0.6 is 23.4 Å². The molecule has 29 heavy (non-hydrogen) atoms. The zero-order chi connectivity index (χ0) is 20.6. The average molecular weight is 433 g/mol. The number of fused-ring (bicyclic) bond motifs is 1. The van der Waals surface area contributed by atoms with Gasteiger partial charge in [0.05, 0.1) is 5.75 Å². The lowest BCUT2D eigenvalue weighted by Gasteiger charge is -2.20. The number of hydrogen-bond acceptors (Lipinski definition) is 7. The molecule has 152 valence electrons. The van der Waals surface area contributed by atoms with E-state index >= 15 is 0 Å². The van der Waals surface area contributed by atoms with Crippen molar-refractivity contribution in [3.05, 3.63) is 60.3 Å². The van der Waals surface area contributed by atoms with Gasteiger partial charge in [-0.15, -0.1) is 13.2 Å². The summed E-state index contributed by atoms with van der Waals surface area (Å²) in [6.07, 6.45) is 3.55. The van der Waals surface area contributed by atoms with Crippen LogP contribution in [0.15, 0.2) is 54.7 Å². The molecule has 9 heteroatoms. The maximum absolute atomic E-state index is 12.2. The number of rotatable bonds is 10. The van der Waals surface area contributed by atoms with Gasteiger partial charge in [-0.1, -0.05) is 41.6 Å². The van der Waals surface area contributed by atoms with Crippen molar-refractivity contribution in [3.63, 3.8) is 0 Å². The molecule has 2 heterocycles. The highest BCUT2D eigenvalue weighted by Gasteiger charge is 2.14. The van der Waals surface area contributed by atoms with Crippen LogP contribution in [0, 0.1) is 0 Å². The van der Waals surface area contributed by atoms with E-state index in [0.29, 0.717) is 47.3 Å². The van der Waals surface area contributed by atoms with Gasteiger partial charge >= 0.3 is 0 Å². The third-order valence-electron chi connectivity index (χ3n) is 3.94. The molecule has 0 aliphatic carbocycles. The Morgan fingerprint density at radius 2 is 1.97 bits per heavy atom. The van der Waals surface area contributed by atoms with Crippen LogP contribution in [-0.2, 0) is 11.3 Å². The smallest absolute Gasteiger partial charge is 0.231 e. The van der Waals surface area contributed by atoms with Gasteiger partial charge < -0.3 is 19.7 Å². The molecule has 0 saturated carbocycles. The Kier molecular flexibility index (Phi) is 7.37. The molecule has 1 aromatic heterocycles. The Morgan fingerprint density at radius 1 is 1.21 bits per heavy atom. The van der Waals surface area contributed by atoms with Gasteiger partial charge in [0.25, 0.3) is 0 Å². The first-order chi connectivity index (χ1) is 14.1. The van der Waals surface area contributed by atoms with Crippen LogP contribution in [0.25, 0.3) is 0 Å². The standard InChI is InChI=1S/C20H21ClN4O3S/c1-3-7-25(8-4-2)18-10-17(21)23-20(24-18)29-12-19(26)22-11-14-5-6-15-16(9-14)28-13-27-15/h3-6,9-10H,1-2,7-8,11-13H2,(H,22,26). The first-order valence-electron chi connectivity index (χ1n) is 8.88. The molecule has 0 spiro atoms. The Balaban J connectivity index is 1.55. The van der Waals surface area contributed by atoms with E-state index in [-0.39, 0.29) is 18.5 Å². The monoisotopic (exact) mass is 432 g/mol. The van der Waals surface area contributed by atoms with Crippen LogP contribution in [-0.4, -0.2) is 41.5 Å². The number of carbonyl (C=O) groups excluding carboxylic acids is 1. The van der Waals surface area contributed by atoms with Crippen molar-refractivity contribution in [2.75, 3.05) is 30.5 Å². The van der Waals surface area contributed by atoms with Gasteiger partial charge in [-0.2, -0.15) is 0 Å². The third kappa shape index (κ3) is 5.88. The second-order valence-corrected chi connectivity index (χ2v) is 7.40. The van der Waals surface area contributed by atoms with Crippen molar-refractivity contribution in [3.8, 4) is 11.5 Å². The topological polar surface area (TPSA) is 76.6 Å². The minimum atomic E-state index is -0.133. The molecular weight excluding hydrogens is 412 g/mol. The van der Waals surface area contributed by atoms with Gasteiger partial charge in [0, 0.05) is 25.7 Å². The number of amides is 1. The van der Waals surface area contributed by atoms with E-state index in [4.69, 9.17) is 21.1 Å².